The van der Waals surface area contributed by atoms with Gasteiger partial charge in [-0.3, -0.25) is 14.5 Å². The van der Waals surface area contributed by atoms with Crippen molar-refractivity contribution < 1.29 is 9.59 Å². The average Bonchev–Trinajstić information content (AvgIpc) is 2.68. The minimum atomic E-state index is 0.159. The largest absolute Gasteiger partial charge is 0.355 e. The average molecular weight is 350 g/mol. The number of amides is 2. The van der Waals surface area contributed by atoms with Crippen LogP contribution in [0, 0.1) is 11.8 Å². The summed E-state index contributed by atoms with van der Waals surface area (Å²) in [6.45, 7) is 4.99. The van der Waals surface area contributed by atoms with Crippen LogP contribution in [0.15, 0.2) is 0 Å². The van der Waals surface area contributed by atoms with Gasteiger partial charge in [0.15, 0.2) is 0 Å². The van der Waals surface area contributed by atoms with Gasteiger partial charge in [-0.1, -0.05) is 19.3 Å². The summed E-state index contributed by atoms with van der Waals surface area (Å²) in [6, 6.07) is 0. The van der Waals surface area contributed by atoms with E-state index in [2.05, 4.69) is 15.1 Å². The van der Waals surface area contributed by atoms with Gasteiger partial charge >= 0.3 is 0 Å². The molecule has 5 nitrogen and oxygen atoms in total. The third kappa shape index (κ3) is 5.70. The van der Waals surface area contributed by atoms with Gasteiger partial charge in [-0.05, 0) is 64.0 Å². The van der Waals surface area contributed by atoms with Gasteiger partial charge in [-0.2, -0.15) is 0 Å². The number of hydrogen-bond donors (Lipinski definition) is 1. The van der Waals surface area contributed by atoms with Gasteiger partial charge in [-0.15, -0.1) is 0 Å². The Morgan fingerprint density at radius 3 is 2.12 bits per heavy atom. The smallest absolute Gasteiger partial charge is 0.234 e. The summed E-state index contributed by atoms with van der Waals surface area (Å²) in [5, 5.41) is 3.13. The van der Waals surface area contributed by atoms with Crippen molar-refractivity contribution in [3.63, 3.8) is 0 Å². The Balaban J connectivity index is 1.32. The van der Waals surface area contributed by atoms with Gasteiger partial charge in [0, 0.05) is 25.6 Å². The molecule has 3 rings (SSSR count). The van der Waals surface area contributed by atoms with Crippen molar-refractivity contribution in [1.29, 1.82) is 0 Å². The summed E-state index contributed by atoms with van der Waals surface area (Å²) in [6.07, 6.45) is 11.9. The van der Waals surface area contributed by atoms with Crippen molar-refractivity contribution in [3.05, 3.63) is 0 Å². The molecule has 25 heavy (non-hydrogen) atoms. The summed E-state index contributed by atoms with van der Waals surface area (Å²) in [5.74, 6) is 1.39. The molecule has 0 aromatic heterocycles. The fourth-order valence-electron chi connectivity index (χ4n) is 4.62. The molecule has 0 aromatic carbocycles. The summed E-state index contributed by atoms with van der Waals surface area (Å²) in [5.41, 5.74) is 0. The molecule has 1 N–H and O–H groups in total. The summed E-state index contributed by atoms with van der Waals surface area (Å²) in [4.78, 5) is 29.1. The van der Waals surface area contributed by atoms with E-state index in [0.717, 1.165) is 58.4 Å². The molecule has 2 heterocycles. The Labute approximate surface area is 152 Å². The molecular weight excluding hydrogens is 314 g/mol. The van der Waals surface area contributed by atoms with Gasteiger partial charge < -0.3 is 10.2 Å². The lowest BCUT2D eigenvalue weighted by Gasteiger charge is -2.35. The number of rotatable bonds is 5. The molecular formula is C20H35N3O2. The Hall–Kier alpha value is -1.10. The lowest BCUT2D eigenvalue weighted by atomic mass is 9.89. The maximum Gasteiger partial charge on any atom is 0.234 e. The fourth-order valence-corrected chi connectivity index (χ4v) is 4.62. The number of nitrogens with zero attached hydrogens (tertiary/aromatic N) is 2. The van der Waals surface area contributed by atoms with Crippen LogP contribution in [-0.2, 0) is 9.59 Å². The van der Waals surface area contributed by atoms with Crippen LogP contribution in [0.4, 0.5) is 0 Å². The molecule has 2 amide bonds. The highest BCUT2D eigenvalue weighted by Gasteiger charge is 2.29. The van der Waals surface area contributed by atoms with Crippen LogP contribution in [0.25, 0.3) is 0 Å². The van der Waals surface area contributed by atoms with Gasteiger partial charge in [0.2, 0.25) is 11.8 Å². The van der Waals surface area contributed by atoms with E-state index in [4.69, 9.17) is 0 Å². The van der Waals surface area contributed by atoms with Crippen LogP contribution in [0.5, 0.6) is 0 Å². The van der Waals surface area contributed by atoms with E-state index >= 15 is 0 Å². The van der Waals surface area contributed by atoms with E-state index in [0.29, 0.717) is 18.4 Å². The van der Waals surface area contributed by atoms with Crippen molar-refractivity contribution in [2.45, 2.75) is 64.2 Å². The normalized spacial score (nSPS) is 24.2. The van der Waals surface area contributed by atoms with Crippen molar-refractivity contribution in [2.24, 2.45) is 11.8 Å². The topological polar surface area (TPSA) is 52.7 Å². The van der Waals surface area contributed by atoms with E-state index in [1.807, 2.05) is 0 Å². The molecule has 0 spiro atoms. The Morgan fingerprint density at radius 1 is 0.800 bits per heavy atom. The van der Waals surface area contributed by atoms with E-state index < -0.39 is 0 Å². The number of nitrogens with one attached hydrogen (secondary N) is 1. The van der Waals surface area contributed by atoms with Crippen LogP contribution < -0.4 is 5.32 Å². The highest BCUT2D eigenvalue weighted by molar-refractivity contribution is 5.79. The van der Waals surface area contributed by atoms with E-state index in [1.165, 1.54) is 38.5 Å². The summed E-state index contributed by atoms with van der Waals surface area (Å²) >= 11 is 0. The number of carbonyl (C=O) groups excluding carboxylic acids is 2. The Kier molecular flexibility index (Phi) is 7.14. The second kappa shape index (κ2) is 9.56. The second-order valence-corrected chi connectivity index (χ2v) is 8.24. The molecule has 3 aliphatic rings. The predicted molar refractivity (Wildman–Crippen MR) is 99.2 cm³/mol. The predicted octanol–water partition coefficient (Wildman–Crippen LogP) is 2.41. The van der Waals surface area contributed by atoms with E-state index in [9.17, 15) is 9.59 Å². The first-order valence-corrected chi connectivity index (χ1v) is 10.5. The van der Waals surface area contributed by atoms with Crippen LogP contribution in [0.1, 0.15) is 64.2 Å². The summed E-state index contributed by atoms with van der Waals surface area (Å²) < 4.78 is 0. The highest BCUT2D eigenvalue weighted by atomic mass is 16.2. The van der Waals surface area contributed by atoms with Crippen LogP contribution in [0.3, 0.4) is 0 Å². The Bertz CT molecular complexity index is 434. The number of likely N-dealkylation sites (tertiary alicyclic amines) is 2. The van der Waals surface area contributed by atoms with Gasteiger partial charge in [0.25, 0.3) is 0 Å². The standard InChI is InChI=1S/C20H35N3O2/c24-19(21-15-17-7-3-1-4-8-17)16-22-13-9-18(10-14-22)20(25)23-11-5-2-6-12-23/h17-18H,1-16H2,(H,21,24). The molecule has 0 aromatic rings. The minimum Gasteiger partial charge on any atom is -0.355 e. The number of piperidine rings is 2. The zero-order chi connectivity index (χ0) is 17.5. The highest BCUT2D eigenvalue weighted by Crippen LogP contribution is 2.23. The third-order valence-corrected chi connectivity index (χ3v) is 6.28. The first kappa shape index (κ1) is 18.7. The fraction of sp³-hybridized carbons (Fsp3) is 0.900. The van der Waals surface area contributed by atoms with Gasteiger partial charge in [0.05, 0.1) is 6.54 Å². The van der Waals surface area contributed by atoms with Crippen molar-refractivity contribution in [1.82, 2.24) is 15.1 Å². The summed E-state index contributed by atoms with van der Waals surface area (Å²) in [7, 11) is 0. The quantitative estimate of drug-likeness (QED) is 0.829. The van der Waals surface area contributed by atoms with Crippen LogP contribution in [-0.4, -0.2) is 60.9 Å². The maximum atomic E-state index is 12.6. The van der Waals surface area contributed by atoms with E-state index in [1.54, 1.807) is 0 Å². The van der Waals surface area contributed by atoms with Gasteiger partial charge in [0.1, 0.15) is 0 Å². The third-order valence-electron chi connectivity index (χ3n) is 6.28. The molecule has 0 unspecified atom stereocenters. The molecule has 0 radical (unpaired) electrons. The zero-order valence-corrected chi connectivity index (χ0v) is 15.7. The molecule has 1 saturated carbocycles. The first-order chi connectivity index (χ1) is 12.2. The Morgan fingerprint density at radius 2 is 1.44 bits per heavy atom. The minimum absolute atomic E-state index is 0.159. The van der Waals surface area contributed by atoms with Crippen LogP contribution >= 0.6 is 0 Å². The second-order valence-electron chi connectivity index (χ2n) is 8.24. The molecule has 2 saturated heterocycles. The molecule has 5 heteroatoms. The number of carbonyl (C=O) groups is 2. The van der Waals surface area contributed by atoms with Crippen molar-refractivity contribution >= 4 is 11.8 Å². The van der Waals surface area contributed by atoms with E-state index in [-0.39, 0.29) is 11.8 Å². The van der Waals surface area contributed by atoms with Gasteiger partial charge in [-0.25, -0.2) is 0 Å². The molecule has 1 aliphatic carbocycles. The maximum absolute atomic E-state index is 12.6. The first-order valence-electron chi connectivity index (χ1n) is 10.5. The lowest BCUT2D eigenvalue weighted by Crippen LogP contribution is -2.46. The SMILES string of the molecule is O=C(CN1CCC(C(=O)N2CCCCC2)CC1)NCC1CCCCC1. The van der Waals surface area contributed by atoms with Crippen LogP contribution in [0.2, 0.25) is 0 Å². The molecule has 3 fully saturated rings. The molecule has 2 aliphatic heterocycles. The molecule has 0 atom stereocenters. The lowest BCUT2D eigenvalue weighted by molar-refractivity contribution is -0.138. The number of hydrogen-bond acceptors (Lipinski definition) is 3. The zero-order valence-electron chi connectivity index (χ0n) is 15.7. The molecule has 0 bridgehead atoms. The van der Waals surface area contributed by atoms with Crippen molar-refractivity contribution in [2.75, 3.05) is 39.3 Å². The van der Waals surface area contributed by atoms with Crippen molar-refractivity contribution in [3.8, 4) is 0 Å². The molecule has 142 valence electrons. The monoisotopic (exact) mass is 349 g/mol.